The van der Waals surface area contributed by atoms with Gasteiger partial charge in [0.25, 0.3) is 5.91 Å². The molecule has 1 amide bonds. The van der Waals surface area contributed by atoms with Crippen LogP contribution in [0.1, 0.15) is 41.3 Å². The summed E-state index contributed by atoms with van der Waals surface area (Å²) in [6.07, 6.45) is 3.03. The van der Waals surface area contributed by atoms with E-state index in [2.05, 4.69) is 51.8 Å². The van der Waals surface area contributed by atoms with Gasteiger partial charge in [-0.2, -0.15) is 4.98 Å². The number of piperazine rings is 1. The lowest BCUT2D eigenvalue weighted by molar-refractivity contribution is -0.149. The number of carbonyl (C=O) groups excluding carboxylic acids is 2. The summed E-state index contributed by atoms with van der Waals surface area (Å²) in [6, 6.07) is 6.39. The maximum Gasteiger partial charge on any atom is 0.310 e. The molecule has 0 radical (unpaired) electrons. The van der Waals surface area contributed by atoms with Crippen LogP contribution in [0.4, 0.5) is 11.6 Å². The van der Waals surface area contributed by atoms with Crippen LogP contribution >= 0.6 is 0 Å². The van der Waals surface area contributed by atoms with E-state index in [1.54, 1.807) is 18.0 Å². The third kappa shape index (κ3) is 5.33. The highest BCUT2D eigenvalue weighted by Gasteiger charge is 2.32. The number of likely N-dealkylation sites (tertiary alicyclic amines) is 1. The van der Waals surface area contributed by atoms with E-state index >= 15 is 0 Å². The lowest BCUT2D eigenvalue weighted by Crippen LogP contribution is -2.47. The molecule has 0 N–H and O–H groups in total. The molecule has 0 bridgehead atoms. The largest absolute Gasteiger partial charge is 0.480 e. The van der Waals surface area contributed by atoms with Crippen LogP contribution in [-0.4, -0.2) is 79.7 Å². The molecule has 0 spiro atoms. The normalized spacial score (nSPS) is 18.4. The number of aryl methyl sites for hydroxylation is 2. The summed E-state index contributed by atoms with van der Waals surface area (Å²) in [5.74, 6) is 0.0518. The van der Waals surface area contributed by atoms with Gasteiger partial charge < -0.3 is 24.2 Å². The van der Waals surface area contributed by atoms with E-state index in [1.165, 1.54) is 23.9 Å². The Labute approximate surface area is 207 Å². The molecule has 1 unspecified atom stereocenters. The molecule has 2 saturated heterocycles. The van der Waals surface area contributed by atoms with E-state index in [9.17, 15) is 9.59 Å². The van der Waals surface area contributed by atoms with Gasteiger partial charge in [0.2, 0.25) is 11.8 Å². The fourth-order valence-electron chi connectivity index (χ4n) is 5.03. The van der Waals surface area contributed by atoms with Crippen LogP contribution < -0.4 is 14.5 Å². The maximum atomic E-state index is 13.3. The average molecular weight is 482 g/mol. The molecule has 2 aromatic rings. The van der Waals surface area contributed by atoms with Crippen LogP contribution in [0, 0.1) is 19.8 Å². The minimum absolute atomic E-state index is 0.220. The molecule has 1 atom stereocenters. The van der Waals surface area contributed by atoms with Crippen molar-refractivity contribution in [1.29, 1.82) is 0 Å². The summed E-state index contributed by atoms with van der Waals surface area (Å²) < 4.78 is 10.7. The highest BCUT2D eigenvalue weighted by atomic mass is 16.5. The monoisotopic (exact) mass is 481 g/mol. The molecule has 1 aromatic heterocycles. The summed E-state index contributed by atoms with van der Waals surface area (Å²) in [4.78, 5) is 40.7. The van der Waals surface area contributed by atoms with Gasteiger partial charge in [-0.3, -0.25) is 9.59 Å². The van der Waals surface area contributed by atoms with E-state index < -0.39 is 0 Å². The van der Waals surface area contributed by atoms with Gasteiger partial charge in [0.05, 0.1) is 19.6 Å². The lowest BCUT2D eigenvalue weighted by atomic mass is 9.97. The number of hydrogen-bond donors (Lipinski definition) is 0. The Morgan fingerprint density at radius 2 is 1.74 bits per heavy atom. The first-order valence-corrected chi connectivity index (χ1v) is 12.4. The van der Waals surface area contributed by atoms with Crippen LogP contribution in [0.15, 0.2) is 24.4 Å². The summed E-state index contributed by atoms with van der Waals surface area (Å²) >= 11 is 0. The minimum Gasteiger partial charge on any atom is -0.480 e. The highest BCUT2D eigenvalue weighted by Crippen LogP contribution is 2.28. The summed E-state index contributed by atoms with van der Waals surface area (Å²) in [5.41, 5.74) is 4.17. The smallest absolute Gasteiger partial charge is 0.310 e. The highest BCUT2D eigenvalue weighted by molar-refractivity contribution is 5.96. The van der Waals surface area contributed by atoms with Gasteiger partial charge in [0.1, 0.15) is 5.56 Å². The number of carbonyl (C=O) groups is 2. The molecule has 4 rings (SSSR count). The first-order chi connectivity index (χ1) is 16.9. The predicted octanol–water partition coefficient (Wildman–Crippen LogP) is 2.84. The summed E-state index contributed by atoms with van der Waals surface area (Å²) in [6.45, 7) is 10.6. The zero-order valence-electron chi connectivity index (χ0n) is 21.1. The van der Waals surface area contributed by atoms with E-state index in [1.807, 2.05) is 0 Å². The van der Waals surface area contributed by atoms with Gasteiger partial charge in [0.15, 0.2) is 0 Å². The number of hydrogen-bond acceptors (Lipinski definition) is 8. The van der Waals surface area contributed by atoms with Crippen LogP contribution in [0.5, 0.6) is 5.88 Å². The first kappa shape index (κ1) is 24.8. The van der Waals surface area contributed by atoms with Gasteiger partial charge in [-0.15, -0.1) is 0 Å². The van der Waals surface area contributed by atoms with E-state index in [0.717, 1.165) is 39.0 Å². The van der Waals surface area contributed by atoms with Crippen molar-refractivity contribution in [3.63, 3.8) is 0 Å². The SMILES string of the molecule is CCOC(=O)C1CCCN(C(=O)c2cnc(N3CCN(c4c(C)cccc4C)CC3)nc2OC)C1. The Hall–Kier alpha value is -3.36. The second-order valence-electron chi connectivity index (χ2n) is 9.15. The van der Waals surface area contributed by atoms with Crippen molar-refractivity contribution >= 4 is 23.5 Å². The number of anilines is 2. The first-order valence-electron chi connectivity index (χ1n) is 12.4. The topological polar surface area (TPSA) is 88.1 Å². The number of aromatic nitrogens is 2. The molecular weight excluding hydrogens is 446 g/mol. The second kappa shape index (κ2) is 10.9. The molecule has 0 aliphatic carbocycles. The standard InChI is InChI=1S/C26H35N5O4/c1-5-35-25(33)20-10-7-11-31(17-20)24(32)21-16-27-26(28-23(21)34-4)30-14-12-29(13-15-30)22-18(2)8-6-9-19(22)3/h6,8-9,16,20H,5,7,10-15,17H2,1-4H3. The van der Waals surface area contributed by atoms with Gasteiger partial charge in [0, 0.05) is 51.2 Å². The van der Waals surface area contributed by atoms with Gasteiger partial charge in [-0.05, 0) is 44.7 Å². The predicted molar refractivity (Wildman–Crippen MR) is 134 cm³/mol. The Kier molecular flexibility index (Phi) is 7.73. The molecule has 2 aliphatic heterocycles. The Morgan fingerprint density at radius 1 is 1.06 bits per heavy atom. The zero-order valence-corrected chi connectivity index (χ0v) is 21.1. The van der Waals surface area contributed by atoms with E-state index in [0.29, 0.717) is 31.2 Å². The maximum absolute atomic E-state index is 13.3. The van der Waals surface area contributed by atoms with Gasteiger partial charge >= 0.3 is 5.97 Å². The molecule has 2 aliphatic rings. The Balaban J connectivity index is 1.44. The molecule has 9 heteroatoms. The summed E-state index contributed by atoms with van der Waals surface area (Å²) in [7, 11) is 1.51. The van der Waals surface area contributed by atoms with Crippen molar-refractivity contribution in [2.45, 2.75) is 33.6 Å². The van der Waals surface area contributed by atoms with Crippen LogP contribution in [-0.2, 0) is 9.53 Å². The third-order valence-electron chi connectivity index (χ3n) is 6.81. The molecule has 1 aromatic carbocycles. The number of ether oxygens (including phenoxy) is 2. The van der Waals surface area contributed by atoms with Crippen molar-refractivity contribution < 1.29 is 19.1 Å². The van der Waals surface area contributed by atoms with Crippen molar-refractivity contribution in [3.05, 3.63) is 41.1 Å². The van der Waals surface area contributed by atoms with Gasteiger partial charge in [-0.1, -0.05) is 18.2 Å². The number of piperidine rings is 1. The molecule has 9 nitrogen and oxygen atoms in total. The molecule has 35 heavy (non-hydrogen) atoms. The summed E-state index contributed by atoms with van der Waals surface area (Å²) in [5, 5.41) is 0. The molecule has 2 fully saturated rings. The van der Waals surface area contributed by atoms with Crippen LogP contribution in [0.3, 0.4) is 0 Å². The van der Waals surface area contributed by atoms with Crippen LogP contribution in [0.2, 0.25) is 0 Å². The number of amides is 1. The van der Waals surface area contributed by atoms with E-state index in [4.69, 9.17) is 9.47 Å². The number of rotatable bonds is 6. The third-order valence-corrected chi connectivity index (χ3v) is 6.81. The van der Waals surface area contributed by atoms with Crippen molar-refractivity contribution in [1.82, 2.24) is 14.9 Å². The number of methoxy groups -OCH3 is 1. The average Bonchev–Trinajstić information content (AvgIpc) is 2.88. The fraction of sp³-hybridized carbons (Fsp3) is 0.538. The molecule has 0 saturated carbocycles. The zero-order chi connectivity index (χ0) is 24.9. The number of esters is 1. The number of nitrogens with zero attached hydrogens (tertiary/aromatic N) is 5. The van der Waals surface area contributed by atoms with Crippen molar-refractivity contribution in [2.24, 2.45) is 5.92 Å². The molecule has 3 heterocycles. The molecular formula is C26H35N5O4. The van der Waals surface area contributed by atoms with Crippen molar-refractivity contribution in [3.8, 4) is 5.88 Å². The lowest BCUT2D eigenvalue weighted by Gasteiger charge is -2.37. The van der Waals surface area contributed by atoms with Crippen molar-refractivity contribution in [2.75, 3.05) is 62.8 Å². The fourth-order valence-corrected chi connectivity index (χ4v) is 5.03. The number of para-hydroxylation sites is 1. The van der Waals surface area contributed by atoms with Gasteiger partial charge in [-0.25, -0.2) is 4.98 Å². The quantitative estimate of drug-likeness (QED) is 0.582. The Morgan fingerprint density at radius 3 is 2.40 bits per heavy atom. The van der Waals surface area contributed by atoms with Crippen LogP contribution in [0.25, 0.3) is 0 Å². The second-order valence-corrected chi connectivity index (χ2v) is 9.15. The number of benzene rings is 1. The van der Waals surface area contributed by atoms with E-state index in [-0.39, 0.29) is 23.7 Å². The minimum atomic E-state index is -0.299. The Bertz CT molecular complexity index is 1050. The molecule has 188 valence electrons.